The number of benzene rings is 1. The SMILES string of the molecule is C#CCCNC(C)c1ccc2c(c1)NC(=O)CO2. The van der Waals surface area contributed by atoms with Crippen LogP contribution in [0.15, 0.2) is 18.2 Å². The van der Waals surface area contributed by atoms with E-state index < -0.39 is 0 Å². The molecule has 1 amide bonds. The largest absolute Gasteiger partial charge is 0.482 e. The average Bonchev–Trinajstić information content (AvgIpc) is 2.38. The number of carbonyl (C=O) groups excluding carboxylic acids is 1. The van der Waals surface area contributed by atoms with E-state index in [-0.39, 0.29) is 18.6 Å². The maximum atomic E-state index is 11.2. The first-order valence-corrected chi connectivity index (χ1v) is 5.94. The Morgan fingerprint density at radius 1 is 1.61 bits per heavy atom. The molecule has 0 saturated heterocycles. The van der Waals surface area contributed by atoms with Gasteiger partial charge in [-0.2, -0.15) is 0 Å². The van der Waals surface area contributed by atoms with Crippen LogP contribution in [0.3, 0.4) is 0 Å². The molecule has 0 fully saturated rings. The summed E-state index contributed by atoms with van der Waals surface area (Å²) in [5, 5.41) is 6.12. The van der Waals surface area contributed by atoms with Crippen molar-refractivity contribution in [3.63, 3.8) is 0 Å². The van der Waals surface area contributed by atoms with E-state index >= 15 is 0 Å². The molecule has 1 heterocycles. The summed E-state index contributed by atoms with van der Waals surface area (Å²) < 4.78 is 5.31. The number of terminal acetylenes is 1. The highest BCUT2D eigenvalue weighted by Crippen LogP contribution is 2.30. The molecule has 94 valence electrons. The van der Waals surface area contributed by atoms with Crippen LogP contribution in [0, 0.1) is 12.3 Å². The van der Waals surface area contributed by atoms with Crippen LogP contribution >= 0.6 is 0 Å². The zero-order valence-corrected chi connectivity index (χ0v) is 10.3. The maximum Gasteiger partial charge on any atom is 0.262 e. The van der Waals surface area contributed by atoms with Crippen molar-refractivity contribution in [2.45, 2.75) is 19.4 Å². The molecule has 1 aromatic carbocycles. The summed E-state index contributed by atoms with van der Waals surface area (Å²) in [6.45, 7) is 2.92. The van der Waals surface area contributed by atoms with Crippen LogP contribution in [0.1, 0.15) is 24.9 Å². The monoisotopic (exact) mass is 244 g/mol. The molecule has 1 aromatic rings. The molecular weight excluding hydrogens is 228 g/mol. The van der Waals surface area contributed by atoms with Crippen molar-refractivity contribution in [1.82, 2.24) is 5.32 Å². The predicted octanol–water partition coefficient (Wildman–Crippen LogP) is 1.69. The number of ether oxygens (including phenoxy) is 1. The maximum absolute atomic E-state index is 11.2. The van der Waals surface area contributed by atoms with E-state index in [1.54, 1.807) is 0 Å². The molecule has 0 bridgehead atoms. The Labute approximate surface area is 107 Å². The molecule has 1 aliphatic heterocycles. The Kier molecular flexibility index (Phi) is 3.85. The lowest BCUT2D eigenvalue weighted by atomic mass is 10.1. The van der Waals surface area contributed by atoms with Crippen molar-refractivity contribution in [1.29, 1.82) is 0 Å². The summed E-state index contributed by atoms with van der Waals surface area (Å²) in [6, 6.07) is 5.98. The summed E-state index contributed by atoms with van der Waals surface area (Å²) >= 11 is 0. The van der Waals surface area contributed by atoms with Gasteiger partial charge in [0, 0.05) is 19.0 Å². The Bertz CT molecular complexity index is 491. The second-order valence-electron chi connectivity index (χ2n) is 4.22. The van der Waals surface area contributed by atoms with Gasteiger partial charge in [-0.05, 0) is 24.6 Å². The van der Waals surface area contributed by atoms with Gasteiger partial charge in [-0.3, -0.25) is 4.79 Å². The van der Waals surface area contributed by atoms with Crippen molar-refractivity contribution < 1.29 is 9.53 Å². The van der Waals surface area contributed by atoms with E-state index in [9.17, 15) is 4.79 Å². The quantitative estimate of drug-likeness (QED) is 0.626. The number of nitrogens with one attached hydrogen (secondary N) is 2. The molecule has 0 aromatic heterocycles. The minimum absolute atomic E-state index is 0.0856. The third kappa shape index (κ3) is 2.82. The minimum Gasteiger partial charge on any atom is -0.482 e. The van der Waals surface area contributed by atoms with Gasteiger partial charge in [0.15, 0.2) is 6.61 Å². The fourth-order valence-corrected chi connectivity index (χ4v) is 1.85. The third-order valence-corrected chi connectivity index (χ3v) is 2.86. The van der Waals surface area contributed by atoms with E-state index in [0.717, 1.165) is 17.8 Å². The van der Waals surface area contributed by atoms with E-state index in [0.29, 0.717) is 12.2 Å². The second kappa shape index (κ2) is 5.56. The number of hydrogen-bond donors (Lipinski definition) is 2. The molecule has 18 heavy (non-hydrogen) atoms. The fraction of sp³-hybridized carbons (Fsp3) is 0.357. The lowest BCUT2D eigenvalue weighted by Gasteiger charge is -2.20. The van der Waals surface area contributed by atoms with Crippen molar-refractivity contribution >= 4 is 11.6 Å². The molecule has 2 N–H and O–H groups in total. The Morgan fingerprint density at radius 2 is 2.44 bits per heavy atom. The van der Waals surface area contributed by atoms with Gasteiger partial charge in [0.25, 0.3) is 5.91 Å². The average molecular weight is 244 g/mol. The zero-order chi connectivity index (χ0) is 13.0. The standard InChI is InChI=1S/C14H16N2O2/c1-3-4-7-15-10(2)11-5-6-13-12(8-11)16-14(17)9-18-13/h1,5-6,8,10,15H,4,7,9H2,2H3,(H,16,17). The molecule has 0 aliphatic carbocycles. The second-order valence-corrected chi connectivity index (χ2v) is 4.22. The first-order valence-electron chi connectivity index (χ1n) is 5.94. The van der Waals surface area contributed by atoms with Crippen LogP contribution in [0.4, 0.5) is 5.69 Å². The van der Waals surface area contributed by atoms with Crippen LogP contribution in [0.2, 0.25) is 0 Å². The lowest BCUT2D eigenvalue weighted by molar-refractivity contribution is -0.118. The van der Waals surface area contributed by atoms with Crippen LogP contribution < -0.4 is 15.4 Å². The van der Waals surface area contributed by atoms with Gasteiger partial charge < -0.3 is 15.4 Å². The van der Waals surface area contributed by atoms with Gasteiger partial charge in [-0.25, -0.2) is 0 Å². The number of rotatable bonds is 4. The van der Waals surface area contributed by atoms with E-state index in [1.165, 1.54) is 0 Å². The van der Waals surface area contributed by atoms with Crippen LogP contribution in [0.25, 0.3) is 0 Å². The van der Waals surface area contributed by atoms with Gasteiger partial charge in [-0.1, -0.05) is 6.07 Å². The molecule has 1 unspecified atom stereocenters. The topological polar surface area (TPSA) is 50.4 Å². The number of anilines is 1. The minimum atomic E-state index is -0.118. The smallest absolute Gasteiger partial charge is 0.262 e. The van der Waals surface area contributed by atoms with Crippen LogP contribution in [0.5, 0.6) is 5.75 Å². The van der Waals surface area contributed by atoms with Gasteiger partial charge in [0.05, 0.1) is 5.69 Å². The molecular formula is C14H16N2O2. The summed E-state index contributed by atoms with van der Waals surface area (Å²) in [6.07, 6.45) is 5.91. The normalized spacial score (nSPS) is 15.0. The highest BCUT2D eigenvalue weighted by molar-refractivity contribution is 5.95. The van der Waals surface area contributed by atoms with Crippen molar-refractivity contribution in [2.24, 2.45) is 0 Å². The van der Waals surface area contributed by atoms with Crippen molar-refractivity contribution in [3.05, 3.63) is 23.8 Å². The molecule has 4 nitrogen and oxygen atoms in total. The summed E-state index contributed by atoms with van der Waals surface area (Å²) in [5.41, 5.74) is 1.82. The molecule has 1 aliphatic rings. The molecule has 2 rings (SSSR count). The van der Waals surface area contributed by atoms with Gasteiger partial charge in [0.1, 0.15) is 5.75 Å². The Morgan fingerprint density at radius 3 is 3.22 bits per heavy atom. The van der Waals surface area contributed by atoms with Crippen molar-refractivity contribution in [2.75, 3.05) is 18.5 Å². The van der Waals surface area contributed by atoms with Crippen molar-refractivity contribution in [3.8, 4) is 18.1 Å². The number of fused-ring (bicyclic) bond motifs is 1. The van der Waals surface area contributed by atoms with Gasteiger partial charge in [-0.15, -0.1) is 12.3 Å². The first-order chi connectivity index (χ1) is 8.70. The Hall–Kier alpha value is -1.99. The van der Waals surface area contributed by atoms with E-state index in [4.69, 9.17) is 11.2 Å². The number of carbonyl (C=O) groups is 1. The lowest BCUT2D eigenvalue weighted by Crippen LogP contribution is -2.26. The molecule has 4 heteroatoms. The molecule has 0 radical (unpaired) electrons. The van der Waals surface area contributed by atoms with E-state index in [1.807, 2.05) is 18.2 Å². The third-order valence-electron chi connectivity index (χ3n) is 2.86. The molecule has 0 saturated carbocycles. The highest BCUT2D eigenvalue weighted by Gasteiger charge is 2.17. The predicted molar refractivity (Wildman–Crippen MR) is 70.4 cm³/mol. The highest BCUT2D eigenvalue weighted by atomic mass is 16.5. The zero-order valence-electron chi connectivity index (χ0n) is 10.3. The van der Waals surface area contributed by atoms with Gasteiger partial charge >= 0.3 is 0 Å². The van der Waals surface area contributed by atoms with Gasteiger partial charge in [0.2, 0.25) is 0 Å². The number of amides is 1. The summed E-state index contributed by atoms with van der Waals surface area (Å²) in [5.74, 6) is 3.19. The number of hydrogen-bond acceptors (Lipinski definition) is 3. The summed E-state index contributed by atoms with van der Waals surface area (Å²) in [4.78, 5) is 11.2. The fourth-order valence-electron chi connectivity index (χ4n) is 1.85. The Balaban J connectivity index is 2.08. The van der Waals surface area contributed by atoms with E-state index in [2.05, 4.69) is 23.5 Å². The first kappa shape index (κ1) is 12.5. The van der Waals surface area contributed by atoms with Crippen LogP contribution in [-0.2, 0) is 4.79 Å². The summed E-state index contributed by atoms with van der Waals surface area (Å²) in [7, 11) is 0. The molecule has 1 atom stereocenters. The van der Waals surface area contributed by atoms with Crippen LogP contribution in [-0.4, -0.2) is 19.1 Å². The molecule has 0 spiro atoms.